The topological polar surface area (TPSA) is 72.5 Å². The number of benzene rings is 4. The summed E-state index contributed by atoms with van der Waals surface area (Å²) in [5.74, 6) is 1.23. The van der Waals surface area contributed by atoms with Crippen molar-refractivity contribution in [2.24, 2.45) is 0 Å². The highest BCUT2D eigenvalue weighted by Gasteiger charge is 2.20. The molecule has 0 saturated carbocycles. The first-order valence-electron chi connectivity index (χ1n) is 13.9. The zero-order valence-electron chi connectivity index (χ0n) is 22.7. The van der Waals surface area contributed by atoms with Crippen LogP contribution in [-0.2, 0) is 6.42 Å². The molecular formula is C34H34N4O2. The zero-order chi connectivity index (χ0) is 27.5. The van der Waals surface area contributed by atoms with E-state index >= 15 is 0 Å². The number of hydrogen-bond donors (Lipinski definition) is 2. The number of amides is 1. The van der Waals surface area contributed by atoms with Crippen LogP contribution in [0.1, 0.15) is 35.7 Å². The first-order valence-corrected chi connectivity index (χ1v) is 13.9. The Morgan fingerprint density at radius 2 is 1.52 bits per heavy atom. The Bertz CT molecular complexity index is 1600. The largest absolute Gasteiger partial charge is 0.457 e. The van der Waals surface area contributed by atoms with E-state index in [0.717, 1.165) is 12.1 Å². The highest BCUT2D eigenvalue weighted by atomic mass is 16.5. The SMILES string of the molecule is CC(Cc1cn(-c2ccc(C(=O)Nc3ccc(Oc4ccc(N)cc4)cc3)cc2)c2ccccc12)N1CCCC1. The van der Waals surface area contributed by atoms with Gasteiger partial charge in [-0.1, -0.05) is 18.2 Å². The molecular weight excluding hydrogens is 496 g/mol. The molecule has 6 heteroatoms. The quantitative estimate of drug-likeness (QED) is 0.207. The number of fused-ring (bicyclic) bond motifs is 1. The fourth-order valence-corrected chi connectivity index (χ4v) is 5.51. The van der Waals surface area contributed by atoms with Gasteiger partial charge in [-0.05, 0) is 124 Å². The number of para-hydroxylation sites is 1. The van der Waals surface area contributed by atoms with Gasteiger partial charge in [-0.2, -0.15) is 0 Å². The van der Waals surface area contributed by atoms with Gasteiger partial charge in [0.1, 0.15) is 11.5 Å². The normalized spacial score (nSPS) is 14.3. The molecule has 1 fully saturated rings. The number of anilines is 2. The lowest BCUT2D eigenvalue weighted by Gasteiger charge is -2.23. The lowest BCUT2D eigenvalue weighted by Crippen LogP contribution is -2.31. The summed E-state index contributed by atoms with van der Waals surface area (Å²) in [6.07, 6.45) is 5.89. The van der Waals surface area contributed by atoms with Crippen molar-refractivity contribution >= 4 is 28.2 Å². The molecule has 2 heterocycles. The predicted molar refractivity (Wildman–Crippen MR) is 163 cm³/mol. The van der Waals surface area contributed by atoms with Crippen LogP contribution >= 0.6 is 0 Å². The molecule has 1 aromatic heterocycles. The van der Waals surface area contributed by atoms with Crippen LogP contribution in [0.4, 0.5) is 11.4 Å². The van der Waals surface area contributed by atoms with E-state index in [2.05, 4.69) is 52.2 Å². The van der Waals surface area contributed by atoms with E-state index in [1.165, 1.54) is 42.4 Å². The molecule has 0 radical (unpaired) electrons. The summed E-state index contributed by atoms with van der Waals surface area (Å²) in [6.45, 7) is 4.74. The Hall–Kier alpha value is -4.55. The van der Waals surface area contributed by atoms with Crippen LogP contribution in [0, 0.1) is 0 Å². The molecule has 4 aromatic carbocycles. The van der Waals surface area contributed by atoms with Gasteiger partial charge in [-0.15, -0.1) is 0 Å². The number of nitrogen functional groups attached to an aromatic ring is 1. The number of carbonyl (C=O) groups is 1. The van der Waals surface area contributed by atoms with Gasteiger partial charge in [0.15, 0.2) is 0 Å². The molecule has 0 aliphatic carbocycles. The van der Waals surface area contributed by atoms with Crippen molar-refractivity contribution in [3.05, 3.63) is 114 Å². The number of hydrogen-bond acceptors (Lipinski definition) is 4. The van der Waals surface area contributed by atoms with E-state index in [9.17, 15) is 4.79 Å². The first kappa shape index (κ1) is 25.7. The van der Waals surface area contributed by atoms with Crippen LogP contribution in [0.15, 0.2) is 103 Å². The molecule has 1 aliphatic rings. The van der Waals surface area contributed by atoms with Gasteiger partial charge in [0.25, 0.3) is 5.91 Å². The fourth-order valence-electron chi connectivity index (χ4n) is 5.51. The lowest BCUT2D eigenvalue weighted by molar-refractivity contribution is 0.102. The summed E-state index contributed by atoms with van der Waals surface area (Å²) in [5.41, 5.74) is 11.3. The van der Waals surface area contributed by atoms with Crippen LogP contribution in [0.5, 0.6) is 11.5 Å². The van der Waals surface area contributed by atoms with Crippen LogP contribution in [0.25, 0.3) is 16.6 Å². The molecule has 40 heavy (non-hydrogen) atoms. The summed E-state index contributed by atoms with van der Waals surface area (Å²) in [4.78, 5) is 15.6. The molecule has 1 aliphatic heterocycles. The summed E-state index contributed by atoms with van der Waals surface area (Å²) < 4.78 is 8.08. The van der Waals surface area contributed by atoms with Crippen molar-refractivity contribution in [2.45, 2.75) is 32.2 Å². The van der Waals surface area contributed by atoms with Gasteiger partial charge < -0.3 is 25.3 Å². The number of nitrogens with zero attached hydrogens (tertiary/aromatic N) is 2. The highest BCUT2D eigenvalue weighted by Crippen LogP contribution is 2.28. The van der Waals surface area contributed by atoms with E-state index in [1.54, 1.807) is 12.1 Å². The standard InChI is InChI=1S/C34H34N4O2/c1-24(37-20-4-5-21-37)22-26-23-38(33-7-3-2-6-32(26)33)29-14-8-25(9-15-29)34(39)36-28-12-18-31(19-13-28)40-30-16-10-27(35)11-17-30/h2-3,6-19,23-24H,4-5,20-22,35H2,1H3,(H,36,39). The van der Waals surface area contributed by atoms with Crippen LogP contribution in [0.2, 0.25) is 0 Å². The van der Waals surface area contributed by atoms with Crippen LogP contribution in [-0.4, -0.2) is 34.5 Å². The Labute approximate surface area is 235 Å². The van der Waals surface area contributed by atoms with E-state index < -0.39 is 0 Å². The summed E-state index contributed by atoms with van der Waals surface area (Å²) in [6, 6.07) is 31.4. The average molecular weight is 531 g/mol. The number of ether oxygens (including phenoxy) is 1. The minimum absolute atomic E-state index is 0.156. The second kappa shape index (κ2) is 11.3. The maximum absolute atomic E-state index is 13.0. The van der Waals surface area contributed by atoms with Gasteiger partial charge in [0.05, 0.1) is 5.52 Å². The minimum Gasteiger partial charge on any atom is -0.457 e. The predicted octanol–water partition coefficient (Wildman–Crippen LogP) is 7.28. The molecule has 5 aromatic rings. The fraction of sp³-hybridized carbons (Fsp3) is 0.206. The molecule has 202 valence electrons. The molecule has 0 bridgehead atoms. The van der Waals surface area contributed by atoms with Gasteiger partial charge >= 0.3 is 0 Å². The van der Waals surface area contributed by atoms with Gasteiger partial charge in [-0.25, -0.2) is 0 Å². The Balaban J connectivity index is 1.14. The second-order valence-electron chi connectivity index (χ2n) is 10.5. The molecule has 1 amide bonds. The highest BCUT2D eigenvalue weighted by molar-refractivity contribution is 6.04. The zero-order valence-corrected chi connectivity index (χ0v) is 22.7. The summed E-state index contributed by atoms with van der Waals surface area (Å²) >= 11 is 0. The number of aromatic nitrogens is 1. The molecule has 1 saturated heterocycles. The van der Waals surface area contributed by atoms with Crippen LogP contribution < -0.4 is 15.8 Å². The van der Waals surface area contributed by atoms with E-state index in [1.807, 2.05) is 60.7 Å². The molecule has 6 nitrogen and oxygen atoms in total. The van der Waals surface area contributed by atoms with E-state index in [4.69, 9.17) is 10.5 Å². The van der Waals surface area contributed by atoms with Gasteiger partial charge in [0, 0.05) is 40.3 Å². The lowest BCUT2D eigenvalue weighted by atomic mass is 10.1. The van der Waals surface area contributed by atoms with Crippen molar-refractivity contribution in [1.82, 2.24) is 9.47 Å². The number of carbonyl (C=O) groups excluding carboxylic acids is 1. The molecule has 1 atom stereocenters. The molecule has 0 spiro atoms. The first-order chi connectivity index (χ1) is 19.5. The maximum atomic E-state index is 13.0. The number of nitrogens with two attached hydrogens (primary N) is 1. The van der Waals surface area contributed by atoms with Crippen molar-refractivity contribution in [2.75, 3.05) is 24.1 Å². The number of rotatable bonds is 8. The van der Waals surface area contributed by atoms with Crippen molar-refractivity contribution in [1.29, 1.82) is 0 Å². The third-order valence-corrected chi connectivity index (χ3v) is 7.71. The van der Waals surface area contributed by atoms with Crippen molar-refractivity contribution < 1.29 is 9.53 Å². The third kappa shape index (κ3) is 5.58. The van der Waals surface area contributed by atoms with Crippen molar-refractivity contribution in [3.8, 4) is 17.2 Å². The molecule has 1 unspecified atom stereocenters. The summed E-state index contributed by atoms with van der Waals surface area (Å²) in [5, 5.41) is 4.27. The minimum atomic E-state index is -0.156. The monoisotopic (exact) mass is 530 g/mol. The Kier molecular flexibility index (Phi) is 7.25. The Morgan fingerprint density at radius 1 is 0.875 bits per heavy atom. The maximum Gasteiger partial charge on any atom is 0.255 e. The van der Waals surface area contributed by atoms with E-state index in [-0.39, 0.29) is 5.91 Å². The van der Waals surface area contributed by atoms with E-state index in [0.29, 0.717) is 34.5 Å². The Morgan fingerprint density at radius 3 is 2.23 bits per heavy atom. The van der Waals surface area contributed by atoms with Crippen molar-refractivity contribution in [3.63, 3.8) is 0 Å². The van der Waals surface area contributed by atoms with Crippen LogP contribution in [0.3, 0.4) is 0 Å². The molecule has 3 N–H and O–H groups in total. The van der Waals surface area contributed by atoms with Gasteiger partial charge in [0.2, 0.25) is 0 Å². The molecule has 6 rings (SSSR count). The average Bonchev–Trinajstić information content (AvgIpc) is 3.65. The number of nitrogens with one attached hydrogen (secondary N) is 1. The number of likely N-dealkylation sites (tertiary alicyclic amines) is 1. The third-order valence-electron chi connectivity index (χ3n) is 7.71. The smallest absolute Gasteiger partial charge is 0.255 e. The second-order valence-corrected chi connectivity index (χ2v) is 10.5. The summed E-state index contributed by atoms with van der Waals surface area (Å²) in [7, 11) is 0. The van der Waals surface area contributed by atoms with Gasteiger partial charge in [-0.3, -0.25) is 4.79 Å².